The molecule has 34 heavy (non-hydrogen) atoms. The number of carbonyl (C=O) groups is 1. The van der Waals surface area contributed by atoms with Crippen LogP contribution in [0.25, 0.3) is 5.69 Å². The number of nitrogens with zero attached hydrogens (tertiary/aromatic N) is 2. The van der Waals surface area contributed by atoms with Gasteiger partial charge in [0, 0.05) is 27.8 Å². The van der Waals surface area contributed by atoms with E-state index in [0.29, 0.717) is 39.3 Å². The van der Waals surface area contributed by atoms with Crippen LogP contribution in [-0.2, 0) is 0 Å². The molecule has 0 saturated heterocycles. The molecule has 9 heteroatoms. The summed E-state index contributed by atoms with van der Waals surface area (Å²) in [7, 11) is 0. The second kappa shape index (κ2) is 10.4. The lowest BCUT2D eigenvalue weighted by Crippen LogP contribution is -2.24. The summed E-state index contributed by atoms with van der Waals surface area (Å²) in [5.41, 5.74) is 1.13. The van der Waals surface area contributed by atoms with Crippen LogP contribution >= 0.6 is 23.2 Å². The molecule has 172 valence electrons. The van der Waals surface area contributed by atoms with E-state index in [0.717, 1.165) is 0 Å². The van der Waals surface area contributed by atoms with Crippen LogP contribution in [0.5, 0.6) is 11.5 Å². The normalized spacial score (nSPS) is 10.6. The number of hydrogen-bond donors (Lipinski definition) is 2. The highest BCUT2D eigenvalue weighted by Gasteiger charge is 2.16. The number of benzene rings is 3. The number of nitrogens with one attached hydrogen (secondary N) is 2. The highest BCUT2D eigenvalue weighted by Crippen LogP contribution is 2.30. The number of rotatable bonds is 7. The highest BCUT2D eigenvalue weighted by molar-refractivity contribution is 6.31. The van der Waals surface area contributed by atoms with Gasteiger partial charge in [-0.15, -0.1) is 0 Å². The summed E-state index contributed by atoms with van der Waals surface area (Å²) >= 11 is 12.2. The van der Waals surface area contributed by atoms with Crippen LogP contribution in [0.1, 0.15) is 17.3 Å². The minimum absolute atomic E-state index is 0.128. The molecule has 0 spiro atoms. The monoisotopic (exact) mass is 494 g/mol. The first kappa shape index (κ1) is 23.4. The van der Waals surface area contributed by atoms with Crippen molar-refractivity contribution in [1.82, 2.24) is 15.1 Å². The Morgan fingerprint density at radius 1 is 1.00 bits per heavy atom. The van der Waals surface area contributed by atoms with Gasteiger partial charge in [-0.1, -0.05) is 41.4 Å². The first-order valence-corrected chi connectivity index (χ1v) is 11.2. The lowest BCUT2D eigenvalue weighted by atomic mass is 10.2. The van der Waals surface area contributed by atoms with E-state index in [2.05, 4.69) is 15.7 Å². The Morgan fingerprint density at radius 2 is 1.74 bits per heavy atom. The van der Waals surface area contributed by atoms with E-state index in [1.54, 1.807) is 72.8 Å². The van der Waals surface area contributed by atoms with Gasteiger partial charge in [0.2, 0.25) is 0 Å². The quantitative estimate of drug-likeness (QED) is 0.337. The molecule has 0 atom stereocenters. The van der Waals surface area contributed by atoms with E-state index in [1.807, 2.05) is 6.92 Å². The van der Waals surface area contributed by atoms with Crippen LogP contribution in [0.3, 0.4) is 0 Å². The summed E-state index contributed by atoms with van der Waals surface area (Å²) in [5.74, 6) is 0.412. The Labute approximate surface area is 205 Å². The van der Waals surface area contributed by atoms with Crippen molar-refractivity contribution in [3.05, 3.63) is 105 Å². The van der Waals surface area contributed by atoms with Gasteiger partial charge in [0.15, 0.2) is 11.4 Å². The third-order valence-electron chi connectivity index (χ3n) is 4.75. The number of amides is 1. The third kappa shape index (κ3) is 5.39. The number of ether oxygens (including phenoxy) is 1. The molecule has 0 unspecified atom stereocenters. The Bertz CT molecular complexity index is 1410. The Kier molecular flexibility index (Phi) is 7.15. The van der Waals surface area contributed by atoms with Crippen LogP contribution in [0.2, 0.25) is 10.0 Å². The van der Waals surface area contributed by atoms with Gasteiger partial charge >= 0.3 is 0 Å². The molecule has 4 rings (SSSR count). The van der Waals surface area contributed by atoms with Gasteiger partial charge in [-0.2, -0.15) is 9.78 Å². The summed E-state index contributed by atoms with van der Waals surface area (Å²) in [5, 5.41) is 11.1. The summed E-state index contributed by atoms with van der Waals surface area (Å²) in [6.07, 6.45) is 1.43. The zero-order valence-electron chi connectivity index (χ0n) is 18.1. The predicted molar refractivity (Wildman–Crippen MR) is 134 cm³/mol. The second-order valence-corrected chi connectivity index (χ2v) is 8.08. The number of carbonyl (C=O) groups excluding carboxylic acids is 1. The maximum absolute atomic E-state index is 13.5. The van der Waals surface area contributed by atoms with Gasteiger partial charge in [-0.25, -0.2) is 0 Å². The molecule has 1 aromatic heterocycles. The molecule has 0 saturated carbocycles. The van der Waals surface area contributed by atoms with Crippen LogP contribution < -0.4 is 20.9 Å². The minimum Gasteiger partial charge on any atom is -0.453 e. The van der Waals surface area contributed by atoms with E-state index < -0.39 is 5.56 Å². The smallest absolute Gasteiger partial charge is 0.299 e. The molecular weight excluding hydrogens is 475 g/mol. The molecule has 0 aliphatic rings. The van der Waals surface area contributed by atoms with Crippen molar-refractivity contribution in [1.29, 1.82) is 0 Å². The van der Waals surface area contributed by atoms with Crippen molar-refractivity contribution in [3.63, 3.8) is 0 Å². The summed E-state index contributed by atoms with van der Waals surface area (Å²) in [6, 6.07) is 20.4. The molecule has 0 radical (unpaired) electrons. The van der Waals surface area contributed by atoms with Crippen LogP contribution in [-0.4, -0.2) is 22.2 Å². The van der Waals surface area contributed by atoms with Gasteiger partial charge in [-0.3, -0.25) is 9.59 Å². The topological polar surface area (TPSA) is 85.2 Å². The number of halogens is 2. The fourth-order valence-corrected chi connectivity index (χ4v) is 3.59. The Hall–Kier alpha value is -3.81. The van der Waals surface area contributed by atoms with E-state index in [4.69, 9.17) is 27.9 Å². The number of hydrogen-bond acceptors (Lipinski definition) is 5. The van der Waals surface area contributed by atoms with Crippen molar-refractivity contribution >= 4 is 40.5 Å². The largest absolute Gasteiger partial charge is 0.453 e. The van der Waals surface area contributed by atoms with Crippen LogP contribution in [0.15, 0.2) is 83.8 Å². The van der Waals surface area contributed by atoms with Gasteiger partial charge in [0.05, 0.1) is 11.9 Å². The molecule has 2 N–H and O–H groups in total. The molecule has 0 bridgehead atoms. The highest BCUT2D eigenvalue weighted by atomic mass is 35.5. The average molecular weight is 495 g/mol. The summed E-state index contributed by atoms with van der Waals surface area (Å²) in [4.78, 5) is 25.8. The van der Waals surface area contributed by atoms with Crippen molar-refractivity contribution < 1.29 is 9.53 Å². The van der Waals surface area contributed by atoms with Gasteiger partial charge in [0.1, 0.15) is 5.75 Å². The van der Waals surface area contributed by atoms with Crippen molar-refractivity contribution in [3.8, 4) is 17.2 Å². The molecule has 3 aromatic carbocycles. The fraction of sp³-hybridized carbons (Fsp3) is 0.0800. The standard InChI is InChI=1S/C25H20Cl2N4O3/c1-2-28-24(32)16-6-3-9-19(12-16)30-23-22(34-21-11-5-8-18(27)14-21)15-29-31(25(23)33)20-10-4-7-17(26)13-20/h3-15,30H,2H2,1H3,(H,28,32). The fourth-order valence-electron chi connectivity index (χ4n) is 3.23. The van der Waals surface area contributed by atoms with E-state index >= 15 is 0 Å². The van der Waals surface area contributed by atoms with E-state index in [1.165, 1.54) is 10.9 Å². The molecular formula is C25H20Cl2N4O3. The lowest BCUT2D eigenvalue weighted by molar-refractivity contribution is 0.0956. The van der Waals surface area contributed by atoms with Gasteiger partial charge in [0.25, 0.3) is 11.5 Å². The van der Waals surface area contributed by atoms with Gasteiger partial charge in [-0.05, 0) is 61.5 Å². The zero-order chi connectivity index (χ0) is 24.1. The first-order chi connectivity index (χ1) is 16.4. The molecule has 1 amide bonds. The van der Waals surface area contributed by atoms with Crippen molar-refractivity contribution in [2.75, 3.05) is 11.9 Å². The van der Waals surface area contributed by atoms with Gasteiger partial charge < -0.3 is 15.4 Å². The average Bonchev–Trinajstić information content (AvgIpc) is 2.82. The summed E-state index contributed by atoms with van der Waals surface area (Å²) < 4.78 is 7.16. The first-order valence-electron chi connectivity index (χ1n) is 10.4. The maximum Gasteiger partial charge on any atom is 0.299 e. The van der Waals surface area contributed by atoms with Crippen LogP contribution in [0, 0.1) is 0 Å². The van der Waals surface area contributed by atoms with E-state index in [-0.39, 0.29) is 17.3 Å². The number of aromatic nitrogens is 2. The molecule has 0 aliphatic carbocycles. The second-order valence-electron chi connectivity index (χ2n) is 7.21. The van der Waals surface area contributed by atoms with Crippen molar-refractivity contribution in [2.24, 2.45) is 0 Å². The molecule has 7 nitrogen and oxygen atoms in total. The predicted octanol–water partition coefficient (Wildman–Crippen LogP) is 5.82. The molecule has 0 fully saturated rings. The van der Waals surface area contributed by atoms with Crippen LogP contribution in [0.4, 0.5) is 11.4 Å². The van der Waals surface area contributed by atoms with Crippen molar-refractivity contribution in [2.45, 2.75) is 6.92 Å². The Balaban J connectivity index is 1.79. The molecule has 4 aromatic rings. The lowest BCUT2D eigenvalue weighted by Gasteiger charge is -2.15. The molecule has 0 aliphatic heterocycles. The SMILES string of the molecule is CCNC(=O)c1cccc(Nc2c(Oc3cccc(Cl)c3)cnn(-c3cccc(Cl)c3)c2=O)c1. The Morgan fingerprint density at radius 3 is 2.47 bits per heavy atom. The van der Waals surface area contributed by atoms with E-state index in [9.17, 15) is 9.59 Å². The third-order valence-corrected chi connectivity index (χ3v) is 5.22. The molecule has 1 heterocycles. The minimum atomic E-state index is -0.467. The maximum atomic E-state index is 13.5. The zero-order valence-corrected chi connectivity index (χ0v) is 19.6. The number of anilines is 2. The summed E-state index contributed by atoms with van der Waals surface area (Å²) in [6.45, 7) is 2.34.